The summed E-state index contributed by atoms with van der Waals surface area (Å²) >= 11 is 0.616. The fourth-order valence-corrected chi connectivity index (χ4v) is 4.00. The van der Waals surface area contributed by atoms with E-state index in [1.54, 1.807) is 0 Å². The number of rotatable bonds is 4. The van der Waals surface area contributed by atoms with Crippen LogP contribution >= 0.6 is 11.3 Å². The van der Waals surface area contributed by atoms with Crippen LogP contribution in [0.4, 0.5) is 18.3 Å². The summed E-state index contributed by atoms with van der Waals surface area (Å²) in [4.78, 5) is 7.51. The quantitative estimate of drug-likeness (QED) is 0.753. The second-order valence-corrected chi connectivity index (χ2v) is 7.28. The van der Waals surface area contributed by atoms with E-state index >= 15 is 0 Å². The molecule has 3 heterocycles. The molecular formula is C17H18F3N5S. The van der Waals surface area contributed by atoms with Gasteiger partial charge in [0.05, 0.1) is 0 Å². The molecule has 1 aliphatic rings. The Balaban J connectivity index is 1.32. The highest BCUT2D eigenvalue weighted by Crippen LogP contribution is 2.34. The van der Waals surface area contributed by atoms with Crippen molar-refractivity contribution in [1.29, 1.82) is 0 Å². The van der Waals surface area contributed by atoms with E-state index in [0.717, 1.165) is 31.6 Å². The molecule has 0 aliphatic carbocycles. The number of aromatic nitrogens is 3. The van der Waals surface area contributed by atoms with Gasteiger partial charge in [-0.2, -0.15) is 13.2 Å². The molecule has 4 rings (SSSR count). The Kier molecular flexibility index (Phi) is 4.58. The van der Waals surface area contributed by atoms with Crippen molar-refractivity contribution in [2.24, 2.45) is 0 Å². The van der Waals surface area contributed by atoms with Gasteiger partial charge in [0.2, 0.25) is 10.1 Å². The summed E-state index contributed by atoms with van der Waals surface area (Å²) in [6.07, 6.45) is -1.42. The molecule has 1 aliphatic heterocycles. The van der Waals surface area contributed by atoms with Crippen molar-refractivity contribution >= 4 is 27.4 Å². The molecule has 0 bridgehead atoms. The van der Waals surface area contributed by atoms with E-state index in [4.69, 9.17) is 0 Å². The average molecular weight is 381 g/mol. The standard InChI is InChI=1S/C17H18F3N5S/c18-17(19,20)15-22-23-16(26-15)25-9-7-24(8-10-25)6-5-12-11-21-14-4-2-1-3-13(12)14/h1-4,11,21H,5-10H2. The van der Waals surface area contributed by atoms with Crippen LogP contribution in [0.2, 0.25) is 0 Å². The molecule has 0 amide bonds. The molecule has 0 radical (unpaired) electrons. The molecule has 0 spiro atoms. The third kappa shape index (κ3) is 3.54. The highest BCUT2D eigenvalue weighted by Gasteiger charge is 2.36. The first kappa shape index (κ1) is 17.3. The van der Waals surface area contributed by atoms with Gasteiger partial charge in [0.1, 0.15) is 0 Å². The Labute approximate surface area is 152 Å². The van der Waals surface area contributed by atoms with Gasteiger partial charge in [-0.3, -0.25) is 4.90 Å². The Bertz CT molecular complexity index is 880. The van der Waals surface area contributed by atoms with Crippen LogP contribution < -0.4 is 4.90 Å². The van der Waals surface area contributed by atoms with Crippen molar-refractivity contribution in [2.75, 3.05) is 37.6 Å². The lowest BCUT2D eigenvalue weighted by molar-refractivity contribution is -0.138. The highest BCUT2D eigenvalue weighted by molar-refractivity contribution is 7.15. The first-order chi connectivity index (χ1) is 12.5. The van der Waals surface area contributed by atoms with Crippen LogP contribution in [-0.2, 0) is 12.6 Å². The van der Waals surface area contributed by atoms with E-state index in [1.807, 2.05) is 17.0 Å². The lowest BCUT2D eigenvalue weighted by Crippen LogP contribution is -2.47. The van der Waals surface area contributed by atoms with Gasteiger partial charge in [0, 0.05) is 49.8 Å². The van der Waals surface area contributed by atoms with Crippen molar-refractivity contribution in [3.05, 3.63) is 41.0 Å². The van der Waals surface area contributed by atoms with Crippen LogP contribution in [0, 0.1) is 0 Å². The zero-order valence-corrected chi connectivity index (χ0v) is 14.8. The van der Waals surface area contributed by atoms with Crippen molar-refractivity contribution < 1.29 is 13.2 Å². The smallest absolute Gasteiger partial charge is 0.361 e. The highest BCUT2D eigenvalue weighted by atomic mass is 32.1. The van der Waals surface area contributed by atoms with Crippen LogP contribution in [-0.4, -0.2) is 52.8 Å². The molecule has 9 heteroatoms. The fourth-order valence-electron chi connectivity index (χ4n) is 3.24. The SMILES string of the molecule is FC(F)(F)c1nnc(N2CCN(CCc3c[nH]c4ccccc34)CC2)s1. The summed E-state index contributed by atoms with van der Waals surface area (Å²) < 4.78 is 38.0. The second kappa shape index (κ2) is 6.88. The molecule has 5 nitrogen and oxygen atoms in total. The van der Waals surface area contributed by atoms with E-state index < -0.39 is 11.2 Å². The van der Waals surface area contributed by atoms with E-state index in [1.165, 1.54) is 10.9 Å². The van der Waals surface area contributed by atoms with E-state index in [9.17, 15) is 13.2 Å². The average Bonchev–Trinajstić information content (AvgIpc) is 3.28. The zero-order chi connectivity index (χ0) is 18.1. The van der Waals surface area contributed by atoms with Crippen molar-refractivity contribution in [2.45, 2.75) is 12.6 Å². The molecule has 138 valence electrons. The number of hydrogen-bond donors (Lipinski definition) is 1. The minimum Gasteiger partial charge on any atom is -0.361 e. The number of aromatic amines is 1. The largest absolute Gasteiger partial charge is 0.445 e. The molecule has 0 unspecified atom stereocenters. The summed E-state index contributed by atoms with van der Waals surface area (Å²) in [7, 11) is 0. The number of nitrogens with zero attached hydrogens (tertiary/aromatic N) is 4. The number of alkyl halides is 3. The molecule has 2 aromatic heterocycles. The van der Waals surface area contributed by atoms with Crippen molar-refractivity contribution in [1.82, 2.24) is 20.1 Å². The third-order valence-electron chi connectivity index (χ3n) is 4.67. The van der Waals surface area contributed by atoms with Crippen LogP contribution in [0.5, 0.6) is 0 Å². The first-order valence-electron chi connectivity index (χ1n) is 8.44. The maximum absolute atomic E-state index is 12.7. The monoisotopic (exact) mass is 381 g/mol. The molecule has 1 aromatic carbocycles. The lowest BCUT2D eigenvalue weighted by Gasteiger charge is -2.34. The minimum absolute atomic E-state index is 0.355. The predicted octanol–water partition coefficient (Wildman–Crippen LogP) is 3.40. The van der Waals surface area contributed by atoms with Gasteiger partial charge in [0.15, 0.2) is 0 Å². The fraction of sp³-hybridized carbons (Fsp3) is 0.412. The molecule has 26 heavy (non-hydrogen) atoms. The van der Waals surface area contributed by atoms with Crippen LogP contribution in [0.15, 0.2) is 30.5 Å². The summed E-state index contributed by atoms with van der Waals surface area (Å²) in [5.41, 5.74) is 2.44. The van der Waals surface area contributed by atoms with E-state index in [0.29, 0.717) is 29.6 Å². The predicted molar refractivity (Wildman–Crippen MR) is 95.6 cm³/mol. The number of para-hydroxylation sites is 1. The maximum atomic E-state index is 12.7. The molecule has 1 N–H and O–H groups in total. The summed E-state index contributed by atoms with van der Waals surface area (Å²) in [5, 5.41) is 7.69. The molecule has 1 saturated heterocycles. The Morgan fingerprint density at radius 3 is 2.58 bits per heavy atom. The number of hydrogen-bond acceptors (Lipinski definition) is 5. The van der Waals surface area contributed by atoms with Crippen molar-refractivity contribution in [3.63, 3.8) is 0 Å². The van der Waals surface area contributed by atoms with Gasteiger partial charge in [-0.15, -0.1) is 10.2 Å². The number of halogens is 3. The number of anilines is 1. The van der Waals surface area contributed by atoms with Gasteiger partial charge in [0.25, 0.3) is 0 Å². The number of piperazine rings is 1. The Morgan fingerprint density at radius 2 is 1.85 bits per heavy atom. The van der Waals surface area contributed by atoms with Crippen LogP contribution in [0.1, 0.15) is 10.6 Å². The van der Waals surface area contributed by atoms with Crippen LogP contribution in [0.3, 0.4) is 0 Å². The summed E-state index contributed by atoms with van der Waals surface area (Å²) in [6.45, 7) is 3.88. The molecule has 0 saturated carbocycles. The van der Waals surface area contributed by atoms with Crippen LogP contribution in [0.25, 0.3) is 10.9 Å². The maximum Gasteiger partial charge on any atom is 0.445 e. The van der Waals surface area contributed by atoms with E-state index in [-0.39, 0.29) is 0 Å². The normalized spacial score (nSPS) is 16.5. The Morgan fingerprint density at radius 1 is 1.08 bits per heavy atom. The lowest BCUT2D eigenvalue weighted by atomic mass is 10.1. The minimum atomic E-state index is -4.42. The topological polar surface area (TPSA) is 48.1 Å². The van der Waals surface area contributed by atoms with Gasteiger partial charge in [-0.1, -0.05) is 29.5 Å². The van der Waals surface area contributed by atoms with Gasteiger partial charge < -0.3 is 9.88 Å². The van der Waals surface area contributed by atoms with E-state index in [2.05, 4.69) is 38.4 Å². The second-order valence-electron chi connectivity index (χ2n) is 6.33. The number of H-pyrrole nitrogens is 1. The zero-order valence-electron chi connectivity index (χ0n) is 14.0. The number of fused-ring (bicyclic) bond motifs is 1. The van der Waals surface area contributed by atoms with Crippen molar-refractivity contribution in [3.8, 4) is 0 Å². The first-order valence-corrected chi connectivity index (χ1v) is 9.25. The molecule has 0 atom stereocenters. The van der Waals surface area contributed by atoms with Gasteiger partial charge >= 0.3 is 6.18 Å². The molecule has 3 aromatic rings. The van der Waals surface area contributed by atoms with Gasteiger partial charge in [-0.05, 0) is 18.1 Å². The summed E-state index contributed by atoms with van der Waals surface area (Å²) in [6, 6.07) is 8.23. The number of benzene rings is 1. The summed E-state index contributed by atoms with van der Waals surface area (Å²) in [5.74, 6) is 0. The molecular weight excluding hydrogens is 363 g/mol. The Hall–Kier alpha value is -2.13. The third-order valence-corrected chi connectivity index (χ3v) is 5.70. The molecule has 1 fully saturated rings. The number of nitrogens with one attached hydrogen (secondary N) is 1. The van der Waals surface area contributed by atoms with Gasteiger partial charge in [-0.25, -0.2) is 0 Å².